The molecule has 1 atom stereocenters. The Bertz CT molecular complexity index is 679. The third-order valence-electron chi connectivity index (χ3n) is 3.16. The second-order valence-electron chi connectivity index (χ2n) is 4.51. The van der Waals surface area contributed by atoms with Crippen molar-refractivity contribution in [2.75, 3.05) is 17.7 Å². The van der Waals surface area contributed by atoms with Gasteiger partial charge in [0.25, 0.3) is 0 Å². The molecule has 0 spiro atoms. The maximum absolute atomic E-state index is 12.3. The zero-order valence-electron chi connectivity index (χ0n) is 11.2. The van der Waals surface area contributed by atoms with Crippen LogP contribution in [-0.4, -0.2) is 33.7 Å². The Morgan fingerprint density at radius 2 is 2.19 bits per heavy atom. The zero-order chi connectivity index (χ0) is 14.8. The fourth-order valence-corrected chi connectivity index (χ4v) is 2.11. The lowest BCUT2D eigenvalue weighted by Crippen LogP contribution is -2.35. The number of carbonyl (C=O) groups is 2. The van der Waals surface area contributed by atoms with Crippen molar-refractivity contribution in [3.05, 3.63) is 30.6 Å². The van der Waals surface area contributed by atoms with Crippen LogP contribution in [0.2, 0.25) is 0 Å². The lowest BCUT2D eigenvalue weighted by molar-refractivity contribution is -0.125. The Morgan fingerprint density at radius 1 is 1.43 bits per heavy atom. The summed E-state index contributed by atoms with van der Waals surface area (Å²) >= 11 is 0. The summed E-state index contributed by atoms with van der Waals surface area (Å²) in [6, 6.07) is 6.22. The maximum Gasteiger partial charge on any atom is 0.249 e. The second kappa shape index (κ2) is 5.23. The number of fused-ring (bicyclic) bond motifs is 1. The first-order chi connectivity index (χ1) is 10.2. The number of aromatic nitrogens is 3. The zero-order valence-corrected chi connectivity index (χ0v) is 11.2. The van der Waals surface area contributed by atoms with E-state index in [1.54, 1.807) is 31.4 Å². The molecule has 2 amide bonds. The van der Waals surface area contributed by atoms with Gasteiger partial charge >= 0.3 is 0 Å². The minimum atomic E-state index is -0.710. The fourth-order valence-electron chi connectivity index (χ4n) is 2.11. The van der Waals surface area contributed by atoms with Gasteiger partial charge in [-0.2, -0.15) is 10.1 Å². The van der Waals surface area contributed by atoms with Crippen molar-refractivity contribution < 1.29 is 14.3 Å². The molecular formula is C13H13N5O3. The molecule has 0 unspecified atom stereocenters. The van der Waals surface area contributed by atoms with Crippen molar-refractivity contribution in [1.29, 1.82) is 0 Å². The van der Waals surface area contributed by atoms with E-state index < -0.39 is 6.04 Å². The van der Waals surface area contributed by atoms with Gasteiger partial charge in [0.15, 0.2) is 0 Å². The Hall–Kier alpha value is -2.90. The van der Waals surface area contributed by atoms with Gasteiger partial charge in [-0.3, -0.25) is 14.9 Å². The molecule has 0 radical (unpaired) electrons. The van der Waals surface area contributed by atoms with Gasteiger partial charge in [-0.05, 0) is 24.3 Å². The van der Waals surface area contributed by atoms with E-state index in [4.69, 9.17) is 4.74 Å². The van der Waals surface area contributed by atoms with Crippen LogP contribution in [0.4, 0.5) is 11.6 Å². The summed E-state index contributed by atoms with van der Waals surface area (Å²) in [5.41, 5.74) is 0.619. The molecule has 1 aromatic carbocycles. The van der Waals surface area contributed by atoms with E-state index in [9.17, 15) is 9.59 Å². The molecule has 0 fully saturated rings. The summed E-state index contributed by atoms with van der Waals surface area (Å²) < 4.78 is 6.46. The number of ether oxygens (including phenoxy) is 1. The number of nitrogens with one attached hydrogen (secondary N) is 2. The van der Waals surface area contributed by atoms with E-state index in [-0.39, 0.29) is 24.2 Å². The van der Waals surface area contributed by atoms with E-state index in [0.29, 0.717) is 11.4 Å². The number of methoxy groups -OCH3 is 1. The first-order valence-corrected chi connectivity index (χ1v) is 6.31. The minimum Gasteiger partial charge on any atom is -0.497 e. The Morgan fingerprint density at radius 3 is 2.90 bits per heavy atom. The molecule has 0 bridgehead atoms. The van der Waals surface area contributed by atoms with Crippen LogP contribution in [0.1, 0.15) is 12.5 Å². The molecule has 1 aliphatic rings. The molecule has 1 aliphatic heterocycles. The standard InChI is InChI=1S/C13H13N5O3/c1-21-9-4-2-8(3-5-9)16-12(20)10-6-11(19)17-13-14-7-15-18(10)13/h2-5,7,10H,6H2,1H3,(H,16,20)(H,14,15,17,19)/t10-/m0/s1. The van der Waals surface area contributed by atoms with Gasteiger partial charge in [-0.25, -0.2) is 4.68 Å². The van der Waals surface area contributed by atoms with Crippen LogP contribution in [-0.2, 0) is 9.59 Å². The summed E-state index contributed by atoms with van der Waals surface area (Å²) in [4.78, 5) is 27.8. The van der Waals surface area contributed by atoms with Gasteiger partial charge in [0, 0.05) is 5.69 Å². The molecule has 2 heterocycles. The van der Waals surface area contributed by atoms with E-state index in [1.807, 2.05) is 0 Å². The Balaban J connectivity index is 1.78. The van der Waals surface area contributed by atoms with Crippen molar-refractivity contribution in [2.24, 2.45) is 0 Å². The number of hydrogen-bond acceptors (Lipinski definition) is 5. The normalized spacial score (nSPS) is 16.8. The molecule has 8 nitrogen and oxygen atoms in total. The number of benzene rings is 1. The van der Waals surface area contributed by atoms with Crippen LogP contribution >= 0.6 is 0 Å². The van der Waals surface area contributed by atoms with Crippen LogP contribution in [0.25, 0.3) is 0 Å². The van der Waals surface area contributed by atoms with Crippen LogP contribution in [0.5, 0.6) is 5.75 Å². The van der Waals surface area contributed by atoms with E-state index in [0.717, 1.165) is 0 Å². The molecule has 8 heteroatoms. The van der Waals surface area contributed by atoms with Crippen molar-refractivity contribution in [3.63, 3.8) is 0 Å². The molecule has 2 N–H and O–H groups in total. The average Bonchev–Trinajstić information content (AvgIpc) is 2.95. The lowest BCUT2D eigenvalue weighted by Gasteiger charge is -2.22. The van der Waals surface area contributed by atoms with Gasteiger partial charge in [0.05, 0.1) is 13.5 Å². The quantitative estimate of drug-likeness (QED) is 0.870. The summed E-state index contributed by atoms with van der Waals surface area (Å²) in [5, 5.41) is 9.28. The Labute approximate surface area is 120 Å². The summed E-state index contributed by atoms with van der Waals surface area (Å²) in [6.45, 7) is 0. The maximum atomic E-state index is 12.3. The van der Waals surface area contributed by atoms with Crippen LogP contribution in [0.3, 0.4) is 0 Å². The molecule has 3 rings (SSSR count). The number of anilines is 2. The number of nitrogens with zero attached hydrogens (tertiary/aromatic N) is 3. The monoisotopic (exact) mass is 287 g/mol. The van der Waals surface area contributed by atoms with Crippen LogP contribution in [0.15, 0.2) is 30.6 Å². The lowest BCUT2D eigenvalue weighted by atomic mass is 10.1. The van der Waals surface area contributed by atoms with Gasteiger partial charge in [0.2, 0.25) is 17.8 Å². The predicted octanol–water partition coefficient (Wildman–Crippen LogP) is 0.809. The molecule has 1 aromatic heterocycles. The highest BCUT2D eigenvalue weighted by Gasteiger charge is 2.31. The van der Waals surface area contributed by atoms with Gasteiger partial charge < -0.3 is 10.1 Å². The van der Waals surface area contributed by atoms with E-state index in [1.165, 1.54) is 11.0 Å². The SMILES string of the molecule is COc1ccc(NC(=O)[C@@H]2CC(=O)Nc3ncnn32)cc1. The van der Waals surface area contributed by atoms with Crippen molar-refractivity contribution >= 4 is 23.5 Å². The molecule has 0 aliphatic carbocycles. The number of rotatable bonds is 3. The van der Waals surface area contributed by atoms with Gasteiger partial charge in [0.1, 0.15) is 18.1 Å². The van der Waals surface area contributed by atoms with Crippen molar-refractivity contribution in [2.45, 2.75) is 12.5 Å². The molecule has 0 saturated carbocycles. The van der Waals surface area contributed by atoms with Crippen LogP contribution in [0, 0.1) is 0 Å². The molecule has 21 heavy (non-hydrogen) atoms. The largest absolute Gasteiger partial charge is 0.497 e. The molecule has 0 saturated heterocycles. The third kappa shape index (κ3) is 2.55. The first-order valence-electron chi connectivity index (χ1n) is 6.31. The van der Waals surface area contributed by atoms with Gasteiger partial charge in [-0.15, -0.1) is 0 Å². The number of carbonyl (C=O) groups excluding carboxylic acids is 2. The van der Waals surface area contributed by atoms with Crippen molar-refractivity contribution in [1.82, 2.24) is 14.8 Å². The average molecular weight is 287 g/mol. The van der Waals surface area contributed by atoms with E-state index >= 15 is 0 Å². The van der Waals surface area contributed by atoms with Gasteiger partial charge in [-0.1, -0.05) is 0 Å². The fraction of sp³-hybridized carbons (Fsp3) is 0.231. The molecule has 2 aromatic rings. The third-order valence-corrected chi connectivity index (χ3v) is 3.16. The topological polar surface area (TPSA) is 98.1 Å². The predicted molar refractivity (Wildman–Crippen MR) is 73.9 cm³/mol. The van der Waals surface area contributed by atoms with Crippen molar-refractivity contribution in [3.8, 4) is 5.75 Å². The second-order valence-corrected chi connectivity index (χ2v) is 4.51. The summed E-state index contributed by atoms with van der Waals surface area (Å²) in [6.07, 6.45) is 1.33. The highest BCUT2D eigenvalue weighted by molar-refractivity contribution is 6.00. The van der Waals surface area contributed by atoms with Crippen LogP contribution < -0.4 is 15.4 Å². The summed E-state index contributed by atoms with van der Waals surface area (Å²) in [7, 11) is 1.57. The smallest absolute Gasteiger partial charge is 0.249 e. The number of amides is 2. The first kappa shape index (κ1) is 13.1. The molecule has 108 valence electrons. The summed E-state index contributed by atoms with van der Waals surface area (Å²) in [5.74, 6) is 0.400. The highest BCUT2D eigenvalue weighted by atomic mass is 16.5. The molecular weight excluding hydrogens is 274 g/mol. The van der Waals surface area contributed by atoms with E-state index in [2.05, 4.69) is 20.7 Å². The highest BCUT2D eigenvalue weighted by Crippen LogP contribution is 2.23. The Kier molecular flexibility index (Phi) is 3.27. The minimum absolute atomic E-state index is 0.0261. The number of hydrogen-bond donors (Lipinski definition) is 2.